The van der Waals surface area contributed by atoms with Gasteiger partial charge in [-0.15, -0.1) is 0 Å². The topological polar surface area (TPSA) is 65.1 Å². The minimum atomic E-state index is -0.359. The lowest BCUT2D eigenvalue weighted by Crippen LogP contribution is -2.40. The van der Waals surface area contributed by atoms with E-state index in [1.54, 1.807) is 7.05 Å². The van der Waals surface area contributed by atoms with Crippen molar-refractivity contribution < 1.29 is 0 Å². The summed E-state index contributed by atoms with van der Waals surface area (Å²) in [6.45, 7) is 5.87. The molecule has 0 radical (unpaired) electrons. The molecule has 0 aliphatic carbocycles. The summed E-state index contributed by atoms with van der Waals surface area (Å²) in [6.07, 6.45) is 0. The van der Waals surface area contributed by atoms with Gasteiger partial charge in [-0.2, -0.15) is 4.98 Å². The Hall–Kier alpha value is -3.13. The largest absolute Gasteiger partial charge is 0.332 e. The van der Waals surface area contributed by atoms with Crippen molar-refractivity contribution in [3.63, 3.8) is 0 Å². The summed E-state index contributed by atoms with van der Waals surface area (Å²) < 4.78 is 5.77. The van der Waals surface area contributed by atoms with Gasteiger partial charge >= 0.3 is 5.69 Å². The van der Waals surface area contributed by atoms with Crippen LogP contribution in [0, 0.1) is 12.8 Å². The van der Waals surface area contributed by atoms with Crippen molar-refractivity contribution in [3.8, 4) is 0 Å². The third-order valence-corrected chi connectivity index (χ3v) is 6.57. The minimum Gasteiger partial charge on any atom is -0.312 e. The molecule has 0 spiro atoms. The first-order valence-corrected chi connectivity index (χ1v) is 11.4. The third kappa shape index (κ3) is 3.39. The maximum atomic E-state index is 13.6. The minimum absolute atomic E-state index is 0.230. The number of aryl methyl sites for hydroxylation is 2. The number of benzene rings is 2. The van der Waals surface area contributed by atoms with Gasteiger partial charge in [-0.05, 0) is 42.7 Å². The van der Waals surface area contributed by atoms with Gasteiger partial charge in [-0.25, -0.2) is 4.79 Å². The molecule has 0 bridgehead atoms. The van der Waals surface area contributed by atoms with Crippen LogP contribution in [-0.2, 0) is 20.1 Å². The summed E-state index contributed by atoms with van der Waals surface area (Å²) in [7, 11) is 1.68. The van der Waals surface area contributed by atoms with E-state index >= 15 is 0 Å². The summed E-state index contributed by atoms with van der Waals surface area (Å²) in [5.41, 5.74) is 3.29. The fraction of sp³-hybridized carbons (Fsp3) is 0.292. The first-order valence-electron chi connectivity index (χ1n) is 10.6. The lowest BCUT2D eigenvalue weighted by molar-refractivity contribution is 0.458. The predicted molar refractivity (Wildman–Crippen MR) is 130 cm³/mol. The van der Waals surface area contributed by atoms with E-state index in [9.17, 15) is 9.59 Å². The molecule has 0 N–H and O–H groups in total. The first-order chi connectivity index (χ1) is 15.3. The Labute approximate surface area is 193 Å². The Kier molecular flexibility index (Phi) is 5.04. The molecule has 1 atom stereocenters. The predicted octanol–water partition coefficient (Wildman–Crippen LogP) is 3.80. The van der Waals surface area contributed by atoms with Crippen LogP contribution in [0.15, 0.2) is 62.6 Å². The van der Waals surface area contributed by atoms with E-state index in [2.05, 4.69) is 27.8 Å². The average Bonchev–Trinajstić information content (AvgIpc) is 3.16. The van der Waals surface area contributed by atoms with Crippen molar-refractivity contribution in [3.05, 3.63) is 85.0 Å². The number of rotatable bonds is 3. The average molecular weight is 494 g/mol. The number of halogens is 1. The highest BCUT2D eigenvalue weighted by molar-refractivity contribution is 9.10. The van der Waals surface area contributed by atoms with Gasteiger partial charge in [0.1, 0.15) is 0 Å². The van der Waals surface area contributed by atoms with Crippen LogP contribution in [0.2, 0.25) is 0 Å². The van der Waals surface area contributed by atoms with Gasteiger partial charge in [0.25, 0.3) is 5.56 Å². The molecule has 32 heavy (non-hydrogen) atoms. The van der Waals surface area contributed by atoms with Crippen LogP contribution < -0.4 is 16.1 Å². The molecule has 164 valence electrons. The Morgan fingerprint density at radius 2 is 1.72 bits per heavy atom. The summed E-state index contributed by atoms with van der Waals surface area (Å²) in [6, 6.07) is 15.9. The molecule has 1 unspecified atom stereocenters. The number of nitrogens with zero attached hydrogens (tertiary/aromatic N) is 5. The Bertz CT molecular complexity index is 1430. The first kappa shape index (κ1) is 20.8. The fourth-order valence-electron chi connectivity index (χ4n) is 4.36. The summed E-state index contributed by atoms with van der Waals surface area (Å²) in [4.78, 5) is 33.6. The second-order valence-corrected chi connectivity index (χ2v) is 9.52. The number of hydrogen-bond donors (Lipinski definition) is 0. The zero-order chi connectivity index (χ0) is 22.6. The lowest BCUT2D eigenvalue weighted by atomic mass is 10.1. The van der Waals surface area contributed by atoms with Crippen molar-refractivity contribution in [1.82, 2.24) is 18.7 Å². The van der Waals surface area contributed by atoms with Crippen LogP contribution in [0.25, 0.3) is 11.2 Å². The number of imidazole rings is 1. The normalized spacial score (nSPS) is 15.9. The van der Waals surface area contributed by atoms with E-state index in [0.717, 1.165) is 27.8 Å². The standard InChI is InChI=1S/C24H24BrN5O2/c1-15-4-6-17(7-5-15)14-30-22(31)20-21(27(3)24(30)32)26-23-28(12-16(2)13-29(20)23)19-10-8-18(25)9-11-19/h4-11,16H,12-14H2,1-3H3. The highest BCUT2D eigenvalue weighted by Gasteiger charge is 2.29. The second kappa shape index (κ2) is 7.78. The maximum absolute atomic E-state index is 13.6. The van der Waals surface area contributed by atoms with Gasteiger partial charge in [-0.3, -0.25) is 13.9 Å². The molecular weight excluding hydrogens is 470 g/mol. The molecule has 0 fully saturated rings. The molecule has 7 nitrogen and oxygen atoms in total. The molecule has 2 aromatic carbocycles. The molecule has 5 rings (SSSR count). The molecule has 2 aromatic heterocycles. The van der Waals surface area contributed by atoms with Crippen molar-refractivity contribution in [2.24, 2.45) is 13.0 Å². The van der Waals surface area contributed by atoms with Crippen molar-refractivity contribution in [2.45, 2.75) is 26.9 Å². The molecule has 4 aromatic rings. The van der Waals surface area contributed by atoms with Crippen molar-refractivity contribution in [2.75, 3.05) is 11.4 Å². The smallest absolute Gasteiger partial charge is 0.312 e. The van der Waals surface area contributed by atoms with Crippen LogP contribution in [0.1, 0.15) is 18.1 Å². The fourth-order valence-corrected chi connectivity index (χ4v) is 4.62. The number of fused-ring (bicyclic) bond motifs is 3. The summed E-state index contributed by atoms with van der Waals surface area (Å²) >= 11 is 3.49. The van der Waals surface area contributed by atoms with Crippen LogP contribution in [-0.4, -0.2) is 25.2 Å². The molecule has 1 aliphatic rings. The van der Waals surface area contributed by atoms with E-state index in [1.807, 2.05) is 60.0 Å². The van der Waals surface area contributed by atoms with Crippen molar-refractivity contribution >= 4 is 38.7 Å². The zero-order valence-corrected chi connectivity index (χ0v) is 19.8. The monoisotopic (exact) mass is 493 g/mol. The molecule has 1 aliphatic heterocycles. The Morgan fingerprint density at radius 1 is 1.03 bits per heavy atom. The SMILES string of the molecule is Cc1ccc(Cn2c(=O)c3c(nc4n3CC(C)CN4c3ccc(Br)cc3)n(C)c2=O)cc1. The quantitative estimate of drug-likeness (QED) is 0.435. The Balaban J connectivity index is 1.70. The number of aromatic nitrogens is 4. The van der Waals surface area contributed by atoms with Crippen LogP contribution >= 0.6 is 15.9 Å². The number of anilines is 2. The van der Waals surface area contributed by atoms with E-state index in [4.69, 9.17) is 4.98 Å². The van der Waals surface area contributed by atoms with Crippen LogP contribution in [0.5, 0.6) is 0 Å². The maximum Gasteiger partial charge on any atom is 0.332 e. The molecule has 3 heterocycles. The van der Waals surface area contributed by atoms with E-state index in [1.165, 1.54) is 9.13 Å². The molecular formula is C24H24BrN5O2. The highest BCUT2D eigenvalue weighted by Crippen LogP contribution is 2.33. The van der Waals surface area contributed by atoms with E-state index in [0.29, 0.717) is 29.6 Å². The van der Waals surface area contributed by atoms with Gasteiger partial charge in [0.05, 0.1) is 6.54 Å². The second-order valence-electron chi connectivity index (χ2n) is 8.61. The van der Waals surface area contributed by atoms with Crippen LogP contribution in [0.4, 0.5) is 11.6 Å². The summed E-state index contributed by atoms with van der Waals surface area (Å²) in [5, 5.41) is 0. The van der Waals surface area contributed by atoms with E-state index < -0.39 is 0 Å². The molecule has 0 amide bonds. The summed E-state index contributed by atoms with van der Waals surface area (Å²) in [5.74, 6) is 1.01. The third-order valence-electron chi connectivity index (χ3n) is 6.04. The zero-order valence-electron chi connectivity index (χ0n) is 18.2. The molecule has 0 saturated carbocycles. The van der Waals surface area contributed by atoms with Gasteiger partial charge in [-0.1, -0.05) is 52.7 Å². The van der Waals surface area contributed by atoms with Gasteiger partial charge in [0, 0.05) is 30.3 Å². The van der Waals surface area contributed by atoms with Gasteiger partial charge < -0.3 is 9.47 Å². The molecule has 8 heteroatoms. The van der Waals surface area contributed by atoms with Gasteiger partial charge in [0.2, 0.25) is 5.95 Å². The molecule has 0 saturated heterocycles. The van der Waals surface area contributed by atoms with Crippen LogP contribution in [0.3, 0.4) is 0 Å². The Morgan fingerprint density at radius 3 is 2.41 bits per heavy atom. The lowest BCUT2D eigenvalue weighted by Gasteiger charge is -2.33. The number of hydrogen-bond acceptors (Lipinski definition) is 4. The highest BCUT2D eigenvalue weighted by atomic mass is 79.9. The van der Waals surface area contributed by atoms with E-state index in [-0.39, 0.29) is 17.8 Å². The van der Waals surface area contributed by atoms with Crippen molar-refractivity contribution in [1.29, 1.82) is 0 Å². The van der Waals surface area contributed by atoms with Gasteiger partial charge in [0.15, 0.2) is 11.2 Å².